The maximum Gasteiger partial charge on any atom is 0.301 e. The number of aliphatic hydroxyl groups excluding tert-OH is 1. The standard InChI is InChI=1S/C36H30N2O5S/c1-20-15-21(2)31-29(16-20)44-36(37-31)38-32(24-9-12-27(13-10-24)42-19-23-7-5-4-6-8-23)30(34(40)35(38)41)33(39)25-11-14-28-26(18-25)17-22(3)43-28/h4-16,18,22,32,39H,17,19H2,1-3H3/b33-30-. The number of Topliss-reactive ketones (excluding diaryl/α,β-unsaturated/α-hetero) is 1. The summed E-state index contributed by atoms with van der Waals surface area (Å²) in [5.74, 6) is -0.303. The summed E-state index contributed by atoms with van der Waals surface area (Å²) in [6.45, 7) is 6.39. The van der Waals surface area contributed by atoms with E-state index in [4.69, 9.17) is 14.5 Å². The zero-order chi connectivity index (χ0) is 30.5. The second-order valence-corrected chi connectivity index (χ2v) is 12.4. The number of benzene rings is 4. The van der Waals surface area contributed by atoms with E-state index in [-0.39, 0.29) is 17.4 Å². The van der Waals surface area contributed by atoms with Crippen LogP contribution in [0.4, 0.5) is 5.13 Å². The number of aliphatic hydroxyl groups is 1. The molecule has 0 aliphatic carbocycles. The minimum absolute atomic E-state index is 0.0204. The minimum atomic E-state index is -0.886. The highest BCUT2D eigenvalue weighted by Gasteiger charge is 2.48. The summed E-state index contributed by atoms with van der Waals surface area (Å²) in [5, 5.41) is 12.1. The summed E-state index contributed by atoms with van der Waals surface area (Å²) in [7, 11) is 0. The molecule has 0 saturated carbocycles. The number of ketones is 1. The molecule has 5 aromatic rings. The van der Waals surface area contributed by atoms with Gasteiger partial charge in [-0.25, -0.2) is 4.98 Å². The molecule has 1 saturated heterocycles. The Hall–Kier alpha value is -4.95. The lowest BCUT2D eigenvalue weighted by atomic mass is 9.94. The average Bonchev–Trinajstić information content (AvgIpc) is 3.69. The molecule has 0 spiro atoms. The third-order valence-electron chi connectivity index (χ3n) is 8.08. The van der Waals surface area contributed by atoms with Crippen LogP contribution in [0.3, 0.4) is 0 Å². The molecule has 2 aliphatic heterocycles. The molecule has 1 amide bonds. The Morgan fingerprint density at radius 2 is 1.80 bits per heavy atom. The van der Waals surface area contributed by atoms with Crippen molar-refractivity contribution in [3.05, 3.63) is 124 Å². The van der Waals surface area contributed by atoms with Crippen LogP contribution in [-0.4, -0.2) is 27.9 Å². The summed E-state index contributed by atoms with van der Waals surface area (Å²) >= 11 is 1.36. The van der Waals surface area contributed by atoms with Crippen LogP contribution < -0.4 is 14.4 Å². The first kappa shape index (κ1) is 27.9. The zero-order valence-corrected chi connectivity index (χ0v) is 25.4. The lowest BCUT2D eigenvalue weighted by Gasteiger charge is -2.23. The third kappa shape index (κ3) is 4.91. The topological polar surface area (TPSA) is 89.0 Å². The van der Waals surface area contributed by atoms with Gasteiger partial charge in [0.15, 0.2) is 5.13 Å². The maximum absolute atomic E-state index is 13.8. The molecule has 2 atom stereocenters. The molecule has 0 bridgehead atoms. The van der Waals surface area contributed by atoms with Gasteiger partial charge in [-0.2, -0.15) is 0 Å². The summed E-state index contributed by atoms with van der Waals surface area (Å²) in [6.07, 6.45) is 0.727. The first-order valence-electron chi connectivity index (χ1n) is 14.5. The molecule has 7 rings (SSSR count). The number of hydrogen-bond donors (Lipinski definition) is 1. The van der Waals surface area contributed by atoms with Gasteiger partial charge in [-0.1, -0.05) is 59.9 Å². The predicted molar refractivity (Wildman–Crippen MR) is 171 cm³/mol. The number of nitrogens with zero attached hydrogens (tertiary/aromatic N) is 2. The number of carbonyl (C=O) groups is 2. The Morgan fingerprint density at radius 1 is 1.02 bits per heavy atom. The predicted octanol–water partition coefficient (Wildman–Crippen LogP) is 7.44. The summed E-state index contributed by atoms with van der Waals surface area (Å²) in [5.41, 5.74) is 5.99. The molecule has 4 aromatic carbocycles. The highest BCUT2D eigenvalue weighted by Crippen LogP contribution is 2.45. The van der Waals surface area contributed by atoms with Crippen molar-refractivity contribution < 1.29 is 24.2 Å². The highest BCUT2D eigenvalue weighted by atomic mass is 32.1. The van der Waals surface area contributed by atoms with Gasteiger partial charge in [0.05, 0.1) is 21.8 Å². The largest absolute Gasteiger partial charge is 0.507 e. The second-order valence-electron chi connectivity index (χ2n) is 11.4. The number of thiazole rings is 1. The first-order chi connectivity index (χ1) is 21.3. The first-order valence-corrected chi connectivity index (χ1v) is 15.3. The Labute approximate surface area is 259 Å². The van der Waals surface area contributed by atoms with Crippen LogP contribution >= 0.6 is 11.3 Å². The van der Waals surface area contributed by atoms with E-state index in [1.165, 1.54) is 16.2 Å². The zero-order valence-electron chi connectivity index (χ0n) is 24.5. The SMILES string of the molecule is Cc1cc(C)c2nc(N3C(=O)C(=O)/C(=C(\O)c4ccc5c(c4)CC(C)O5)C3c3ccc(OCc4ccccc4)cc3)sc2c1. The van der Waals surface area contributed by atoms with Gasteiger partial charge in [-0.3, -0.25) is 14.5 Å². The molecule has 1 fully saturated rings. The van der Waals surface area contributed by atoms with Gasteiger partial charge >= 0.3 is 5.91 Å². The van der Waals surface area contributed by atoms with Gasteiger partial charge in [0.1, 0.15) is 30.0 Å². The van der Waals surface area contributed by atoms with E-state index in [1.807, 2.05) is 93.6 Å². The second kappa shape index (κ2) is 11.0. The van der Waals surface area contributed by atoms with Crippen molar-refractivity contribution in [3.63, 3.8) is 0 Å². The molecular formula is C36H30N2O5S. The number of hydrogen-bond acceptors (Lipinski definition) is 7. The van der Waals surface area contributed by atoms with Crippen molar-refractivity contribution in [2.75, 3.05) is 4.90 Å². The van der Waals surface area contributed by atoms with Crippen LogP contribution in [0, 0.1) is 13.8 Å². The van der Waals surface area contributed by atoms with E-state index in [2.05, 4.69) is 0 Å². The van der Waals surface area contributed by atoms with Crippen LogP contribution in [0.25, 0.3) is 16.0 Å². The third-order valence-corrected chi connectivity index (χ3v) is 9.08. The molecule has 1 N–H and O–H groups in total. The molecule has 44 heavy (non-hydrogen) atoms. The normalized spacial score (nSPS) is 18.9. The van der Waals surface area contributed by atoms with Gasteiger partial charge in [0, 0.05) is 12.0 Å². The van der Waals surface area contributed by atoms with E-state index in [1.54, 1.807) is 12.1 Å². The number of amides is 1. The average molecular weight is 603 g/mol. The quantitative estimate of drug-likeness (QED) is 0.123. The van der Waals surface area contributed by atoms with E-state index in [0.717, 1.165) is 38.2 Å². The summed E-state index contributed by atoms with van der Waals surface area (Å²) in [6, 6.07) is 25.7. The van der Waals surface area contributed by atoms with Crippen molar-refractivity contribution >= 4 is 44.1 Å². The van der Waals surface area contributed by atoms with Gasteiger partial charge in [0.25, 0.3) is 5.78 Å². The lowest BCUT2D eigenvalue weighted by molar-refractivity contribution is -0.132. The van der Waals surface area contributed by atoms with Crippen LogP contribution in [-0.2, 0) is 22.6 Å². The van der Waals surface area contributed by atoms with Gasteiger partial charge in [0.2, 0.25) is 0 Å². The van der Waals surface area contributed by atoms with Gasteiger partial charge in [-0.15, -0.1) is 0 Å². The summed E-state index contributed by atoms with van der Waals surface area (Å²) < 4.78 is 12.7. The Bertz CT molecular complexity index is 1960. The smallest absolute Gasteiger partial charge is 0.301 e. The molecule has 2 unspecified atom stereocenters. The lowest BCUT2D eigenvalue weighted by Crippen LogP contribution is -2.29. The van der Waals surface area contributed by atoms with E-state index in [9.17, 15) is 14.7 Å². The monoisotopic (exact) mass is 602 g/mol. The van der Waals surface area contributed by atoms with Crippen LogP contribution in [0.15, 0.2) is 90.5 Å². The number of fused-ring (bicyclic) bond motifs is 2. The molecule has 7 nitrogen and oxygen atoms in total. The maximum atomic E-state index is 13.8. The van der Waals surface area contributed by atoms with Gasteiger partial charge < -0.3 is 14.6 Å². The summed E-state index contributed by atoms with van der Waals surface area (Å²) in [4.78, 5) is 33.8. The number of anilines is 1. The number of carbonyl (C=O) groups excluding carboxylic acids is 2. The molecule has 1 aromatic heterocycles. The minimum Gasteiger partial charge on any atom is -0.507 e. The molecule has 3 heterocycles. The van der Waals surface area contributed by atoms with E-state index < -0.39 is 17.7 Å². The molecule has 220 valence electrons. The van der Waals surface area contributed by atoms with Crippen LogP contribution in [0.1, 0.15) is 46.3 Å². The fourth-order valence-electron chi connectivity index (χ4n) is 6.02. The Morgan fingerprint density at radius 3 is 2.57 bits per heavy atom. The molecular weight excluding hydrogens is 572 g/mol. The van der Waals surface area contributed by atoms with Gasteiger partial charge in [-0.05, 0) is 85.0 Å². The van der Waals surface area contributed by atoms with Crippen molar-refractivity contribution in [2.24, 2.45) is 0 Å². The van der Waals surface area contributed by atoms with Crippen molar-refractivity contribution in [2.45, 2.75) is 45.9 Å². The van der Waals surface area contributed by atoms with Crippen molar-refractivity contribution in [1.29, 1.82) is 0 Å². The Balaban J connectivity index is 1.32. The van der Waals surface area contributed by atoms with Crippen LogP contribution in [0.2, 0.25) is 0 Å². The number of rotatable bonds is 6. The molecule has 2 aliphatic rings. The fraction of sp³-hybridized carbons (Fsp3) is 0.194. The number of aryl methyl sites for hydroxylation is 2. The fourth-order valence-corrected chi connectivity index (χ4v) is 7.19. The number of aromatic nitrogens is 1. The van der Waals surface area contributed by atoms with E-state index in [0.29, 0.717) is 35.0 Å². The van der Waals surface area contributed by atoms with Crippen LogP contribution in [0.5, 0.6) is 11.5 Å². The highest BCUT2D eigenvalue weighted by molar-refractivity contribution is 7.22. The van der Waals surface area contributed by atoms with Crippen molar-refractivity contribution in [1.82, 2.24) is 4.98 Å². The Kier molecular flexibility index (Phi) is 6.94. The molecule has 8 heteroatoms. The van der Waals surface area contributed by atoms with E-state index >= 15 is 0 Å². The van der Waals surface area contributed by atoms with Crippen molar-refractivity contribution in [3.8, 4) is 11.5 Å². The molecule has 0 radical (unpaired) electrons. The number of ether oxygens (including phenoxy) is 2.